The van der Waals surface area contributed by atoms with Gasteiger partial charge in [-0.05, 0) is 57.9 Å². The van der Waals surface area contributed by atoms with E-state index in [1.165, 1.54) is 12.1 Å². The molecule has 29 heavy (non-hydrogen) atoms. The molecule has 1 atom stereocenters. The number of sulfone groups is 1. The van der Waals surface area contributed by atoms with Crippen LogP contribution in [0.1, 0.15) is 39.7 Å². The fourth-order valence-electron chi connectivity index (χ4n) is 3.42. The van der Waals surface area contributed by atoms with Gasteiger partial charge in [0.15, 0.2) is 9.84 Å². The predicted octanol–water partition coefficient (Wildman–Crippen LogP) is 4.09. The fraction of sp³-hybridized carbons (Fsp3) is 0.364. The number of amides is 2. The molecule has 1 aliphatic rings. The second-order valence-corrected chi connectivity index (χ2v) is 10.5. The van der Waals surface area contributed by atoms with Crippen LogP contribution in [0.15, 0.2) is 59.5 Å². The van der Waals surface area contributed by atoms with Crippen molar-refractivity contribution in [3.63, 3.8) is 0 Å². The van der Waals surface area contributed by atoms with Gasteiger partial charge in [0.05, 0.1) is 21.8 Å². The van der Waals surface area contributed by atoms with Gasteiger partial charge in [-0.3, -0.25) is 4.79 Å². The summed E-state index contributed by atoms with van der Waals surface area (Å²) in [7, 11) is -3.57. The number of imide groups is 1. The summed E-state index contributed by atoms with van der Waals surface area (Å²) in [5.41, 5.74) is -0.845. The van der Waals surface area contributed by atoms with E-state index in [1.54, 1.807) is 70.2 Å². The summed E-state index contributed by atoms with van der Waals surface area (Å²) in [5, 5.41) is 0. The quantitative estimate of drug-likeness (QED) is 0.751. The van der Waals surface area contributed by atoms with Crippen molar-refractivity contribution in [2.45, 2.75) is 50.0 Å². The average Bonchev–Trinajstić information content (AvgIpc) is 2.88. The van der Waals surface area contributed by atoms with Gasteiger partial charge < -0.3 is 4.74 Å². The smallest absolute Gasteiger partial charge is 0.421 e. The van der Waals surface area contributed by atoms with E-state index < -0.39 is 32.9 Å². The highest BCUT2D eigenvalue weighted by molar-refractivity contribution is 7.91. The second kappa shape index (κ2) is 7.30. The predicted molar refractivity (Wildman–Crippen MR) is 111 cm³/mol. The molecule has 0 fully saturated rings. The van der Waals surface area contributed by atoms with Gasteiger partial charge >= 0.3 is 6.09 Å². The number of rotatable bonds is 4. The molecule has 6 nitrogen and oxygen atoms in total. The Kier molecular flexibility index (Phi) is 5.30. The molecule has 3 rings (SSSR count). The highest BCUT2D eigenvalue weighted by atomic mass is 32.2. The molecule has 0 radical (unpaired) electrons. The highest BCUT2D eigenvalue weighted by Gasteiger charge is 2.50. The molecule has 0 saturated carbocycles. The maximum absolute atomic E-state index is 13.3. The van der Waals surface area contributed by atoms with Crippen molar-refractivity contribution in [1.82, 2.24) is 0 Å². The molecule has 7 heteroatoms. The van der Waals surface area contributed by atoms with Gasteiger partial charge in [0, 0.05) is 0 Å². The second-order valence-electron chi connectivity index (χ2n) is 8.35. The summed E-state index contributed by atoms with van der Waals surface area (Å²) >= 11 is 0. The van der Waals surface area contributed by atoms with Crippen molar-refractivity contribution in [3.05, 3.63) is 60.2 Å². The van der Waals surface area contributed by atoms with Crippen molar-refractivity contribution < 1.29 is 22.7 Å². The Labute approximate surface area is 171 Å². The number of carbonyl (C=O) groups excluding carboxylic acids is 2. The standard InChI is InChI=1S/C22H25NO5S/c1-21(2,3)28-20(25)23-18-13-9-8-12-17(18)22(4,19(23)24)14-15-29(26,27)16-10-6-5-7-11-16/h5-13H,14-15H2,1-4H3/t22-/m0/s1. The molecule has 0 N–H and O–H groups in total. The molecule has 1 aliphatic heterocycles. The van der Waals surface area contributed by atoms with Crippen LogP contribution in [-0.2, 0) is 24.8 Å². The molecule has 0 bridgehead atoms. The minimum absolute atomic E-state index is 0.0549. The molecule has 0 aromatic heterocycles. The number of carbonyl (C=O) groups is 2. The summed E-state index contributed by atoms with van der Waals surface area (Å²) in [6.45, 7) is 6.86. The van der Waals surface area contributed by atoms with Crippen molar-refractivity contribution in [3.8, 4) is 0 Å². The summed E-state index contributed by atoms with van der Waals surface area (Å²) in [6, 6.07) is 15.1. The zero-order valence-corrected chi connectivity index (χ0v) is 17.8. The molecule has 2 aromatic carbocycles. The largest absolute Gasteiger partial charge is 0.443 e. The summed E-state index contributed by atoms with van der Waals surface area (Å²) in [5.74, 6) is -0.688. The Morgan fingerprint density at radius 2 is 1.62 bits per heavy atom. The first-order chi connectivity index (χ1) is 13.5. The number of para-hydroxylation sites is 1. The normalized spacial score (nSPS) is 19.2. The average molecular weight is 416 g/mol. The number of benzene rings is 2. The Morgan fingerprint density at radius 1 is 1.03 bits per heavy atom. The summed E-state index contributed by atoms with van der Waals surface area (Å²) in [4.78, 5) is 27.2. The first-order valence-corrected chi connectivity index (χ1v) is 11.1. The van der Waals surface area contributed by atoms with Crippen LogP contribution in [0.5, 0.6) is 0 Å². The van der Waals surface area contributed by atoms with E-state index in [2.05, 4.69) is 0 Å². The molecule has 2 aromatic rings. The topological polar surface area (TPSA) is 80.8 Å². The summed E-state index contributed by atoms with van der Waals surface area (Å²) < 4.78 is 30.9. The zero-order valence-electron chi connectivity index (χ0n) is 17.0. The highest BCUT2D eigenvalue weighted by Crippen LogP contribution is 2.44. The lowest BCUT2D eigenvalue weighted by molar-refractivity contribution is -0.122. The van der Waals surface area contributed by atoms with E-state index in [-0.39, 0.29) is 17.1 Å². The Balaban J connectivity index is 1.93. The lowest BCUT2D eigenvalue weighted by Crippen LogP contribution is -2.44. The number of ether oxygens (including phenoxy) is 1. The lowest BCUT2D eigenvalue weighted by Gasteiger charge is -2.26. The van der Waals surface area contributed by atoms with Gasteiger partial charge in [-0.15, -0.1) is 0 Å². The summed E-state index contributed by atoms with van der Waals surface area (Å²) in [6.07, 6.45) is -0.705. The number of fused-ring (bicyclic) bond motifs is 1. The Hall–Kier alpha value is -2.67. The molecule has 0 unspecified atom stereocenters. The first-order valence-electron chi connectivity index (χ1n) is 9.41. The van der Waals surface area contributed by atoms with Crippen LogP contribution in [0.2, 0.25) is 0 Å². The van der Waals surface area contributed by atoms with Gasteiger partial charge in [0.25, 0.3) is 0 Å². The minimum atomic E-state index is -3.57. The van der Waals surface area contributed by atoms with E-state index in [0.29, 0.717) is 11.3 Å². The van der Waals surface area contributed by atoms with E-state index in [1.807, 2.05) is 0 Å². The van der Waals surface area contributed by atoms with Gasteiger partial charge in [0.1, 0.15) is 5.60 Å². The van der Waals surface area contributed by atoms with Crippen molar-refractivity contribution >= 4 is 27.5 Å². The van der Waals surface area contributed by atoms with Gasteiger partial charge in [-0.1, -0.05) is 36.4 Å². The molecule has 0 spiro atoms. The van der Waals surface area contributed by atoms with Gasteiger partial charge in [-0.25, -0.2) is 18.1 Å². The lowest BCUT2D eigenvalue weighted by atomic mass is 9.81. The number of hydrogen-bond donors (Lipinski definition) is 0. The van der Waals surface area contributed by atoms with Crippen LogP contribution in [0.3, 0.4) is 0 Å². The molecular weight excluding hydrogens is 390 g/mol. The third-order valence-corrected chi connectivity index (χ3v) is 6.70. The fourth-order valence-corrected chi connectivity index (χ4v) is 4.91. The van der Waals surface area contributed by atoms with Crippen molar-refractivity contribution in [2.24, 2.45) is 0 Å². The van der Waals surface area contributed by atoms with E-state index in [0.717, 1.165) is 4.90 Å². The first kappa shape index (κ1) is 21.0. The maximum atomic E-state index is 13.3. The Bertz CT molecular complexity index is 1040. The van der Waals surface area contributed by atoms with Gasteiger partial charge in [-0.2, -0.15) is 0 Å². The minimum Gasteiger partial charge on any atom is -0.443 e. The molecule has 0 saturated heterocycles. The third kappa shape index (κ3) is 4.05. The number of nitrogens with zero attached hydrogens (tertiary/aromatic N) is 1. The molecule has 1 heterocycles. The van der Waals surface area contributed by atoms with Crippen LogP contribution < -0.4 is 4.90 Å². The zero-order chi connectivity index (χ0) is 21.4. The van der Waals surface area contributed by atoms with E-state index in [9.17, 15) is 18.0 Å². The van der Waals surface area contributed by atoms with Gasteiger partial charge in [0.2, 0.25) is 5.91 Å². The van der Waals surface area contributed by atoms with Crippen LogP contribution in [0.25, 0.3) is 0 Å². The molecular formula is C22H25NO5S. The third-order valence-electron chi connectivity index (χ3n) is 4.96. The van der Waals surface area contributed by atoms with Crippen molar-refractivity contribution in [2.75, 3.05) is 10.7 Å². The number of anilines is 1. The van der Waals surface area contributed by atoms with Crippen molar-refractivity contribution in [1.29, 1.82) is 0 Å². The van der Waals surface area contributed by atoms with Crippen LogP contribution in [0, 0.1) is 0 Å². The van der Waals surface area contributed by atoms with Crippen LogP contribution in [0.4, 0.5) is 10.5 Å². The molecule has 0 aliphatic carbocycles. The van der Waals surface area contributed by atoms with E-state index >= 15 is 0 Å². The molecule has 2 amide bonds. The van der Waals surface area contributed by atoms with Crippen LogP contribution >= 0.6 is 0 Å². The maximum Gasteiger partial charge on any atom is 0.421 e. The Morgan fingerprint density at radius 3 is 2.24 bits per heavy atom. The SMILES string of the molecule is CC(C)(C)OC(=O)N1C(=O)[C@@](C)(CCS(=O)(=O)c2ccccc2)c2ccccc21. The number of hydrogen-bond acceptors (Lipinski definition) is 5. The van der Waals surface area contributed by atoms with E-state index in [4.69, 9.17) is 4.74 Å². The molecule has 154 valence electrons. The monoisotopic (exact) mass is 415 g/mol. The van der Waals surface area contributed by atoms with Crippen LogP contribution in [-0.4, -0.2) is 31.8 Å².